The lowest BCUT2D eigenvalue weighted by Gasteiger charge is -2.08. The van der Waals surface area contributed by atoms with Crippen molar-refractivity contribution < 1.29 is 0 Å². The molecule has 0 aliphatic carbocycles. The number of nitrogens with two attached hydrogens (primary N) is 1. The molecule has 20 heavy (non-hydrogen) atoms. The van der Waals surface area contributed by atoms with Gasteiger partial charge in [0.1, 0.15) is 5.82 Å². The van der Waals surface area contributed by atoms with Crippen molar-refractivity contribution in [2.45, 2.75) is 12.8 Å². The standard InChI is InChI=1S/C16H17N3S/c17-8-2-4-12-3-1-5-13(11-12)19-16-14-7-10-20-15(14)6-9-18-16/h1,3,5-7,9-11H,2,4,8,17H2,(H,18,19). The average Bonchev–Trinajstić information content (AvgIpc) is 2.95. The van der Waals surface area contributed by atoms with Crippen LogP contribution in [0.3, 0.4) is 0 Å². The number of fused-ring (bicyclic) bond motifs is 1. The zero-order valence-corrected chi connectivity index (χ0v) is 12.0. The first kappa shape index (κ1) is 13.1. The highest BCUT2D eigenvalue weighted by molar-refractivity contribution is 7.17. The molecule has 4 heteroatoms. The molecular formula is C16H17N3S. The SMILES string of the molecule is NCCCc1cccc(Nc2nccc3sccc23)c1. The molecule has 0 saturated heterocycles. The number of rotatable bonds is 5. The fourth-order valence-electron chi connectivity index (χ4n) is 2.24. The van der Waals surface area contributed by atoms with Crippen molar-refractivity contribution >= 4 is 32.9 Å². The van der Waals surface area contributed by atoms with E-state index in [0.29, 0.717) is 0 Å². The molecule has 2 aromatic heterocycles. The van der Waals surface area contributed by atoms with Gasteiger partial charge < -0.3 is 11.1 Å². The van der Waals surface area contributed by atoms with E-state index in [1.807, 2.05) is 12.3 Å². The summed E-state index contributed by atoms with van der Waals surface area (Å²) in [6, 6.07) is 12.6. The van der Waals surface area contributed by atoms with Gasteiger partial charge in [0.05, 0.1) is 0 Å². The van der Waals surface area contributed by atoms with E-state index in [4.69, 9.17) is 5.73 Å². The summed E-state index contributed by atoms with van der Waals surface area (Å²) in [6.07, 6.45) is 3.88. The van der Waals surface area contributed by atoms with Crippen molar-refractivity contribution in [2.75, 3.05) is 11.9 Å². The molecule has 0 atom stereocenters. The highest BCUT2D eigenvalue weighted by atomic mass is 32.1. The molecule has 0 fully saturated rings. The van der Waals surface area contributed by atoms with E-state index in [-0.39, 0.29) is 0 Å². The first-order valence-electron chi connectivity index (χ1n) is 6.75. The molecule has 0 radical (unpaired) electrons. The smallest absolute Gasteiger partial charge is 0.139 e. The average molecular weight is 283 g/mol. The van der Waals surface area contributed by atoms with E-state index in [9.17, 15) is 0 Å². The van der Waals surface area contributed by atoms with Crippen LogP contribution in [0.1, 0.15) is 12.0 Å². The number of hydrogen-bond acceptors (Lipinski definition) is 4. The Kier molecular flexibility index (Phi) is 3.95. The number of aromatic nitrogens is 1. The molecule has 102 valence electrons. The largest absolute Gasteiger partial charge is 0.340 e. The van der Waals surface area contributed by atoms with Crippen LogP contribution in [0.5, 0.6) is 0 Å². The lowest BCUT2D eigenvalue weighted by atomic mass is 10.1. The third-order valence-electron chi connectivity index (χ3n) is 3.24. The number of aryl methyl sites for hydroxylation is 1. The van der Waals surface area contributed by atoms with Crippen molar-refractivity contribution in [1.29, 1.82) is 0 Å². The third-order valence-corrected chi connectivity index (χ3v) is 4.12. The van der Waals surface area contributed by atoms with Crippen molar-refractivity contribution in [3.05, 3.63) is 53.5 Å². The highest BCUT2D eigenvalue weighted by Gasteiger charge is 2.04. The van der Waals surface area contributed by atoms with E-state index in [0.717, 1.165) is 30.9 Å². The zero-order valence-electron chi connectivity index (χ0n) is 11.2. The Morgan fingerprint density at radius 3 is 3.05 bits per heavy atom. The maximum Gasteiger partial charge on any atom is 0.139 e. The lowest BCUT2D eigenvalue weighted by Crippen LogP contribution is -2.00. The summed E-state index contributed by atoms with van der Waals surface area (Å²) in [4.78, 5) is 4.44. The number of thiophene rings is 1. The minimum absolute atomic E-state index is 0.730. The van der Waals surface area contributed by atoms with Gasteiger partial charge in [0, 0.05) is 22.0 Å². The Labute approximate surface area is 122 Å². The lowest BCUT2D eigenvalue weighted by molar-refractivity contribution is 0.833. The molecule has 1 aromatic carbocycles. The molecule has 0 spiro atoms. The van der Waals surface area contributed by atoms with Crippen LogP contribution in [0.2, 0.25) is 0 Å². The summed E-state index contributed by atoms with van der Waals surface area (Å²) < 4.78 is 1.25. The predicted octanol–water partition coefficient (Wildman–Crippen LogP) is 3.93. The molecule has 2 heterocycles. The van der Waals surface area contributed by atoms with Crippen LogP contribution >= 0.6 is 11.3 Å². The zero-order chi connectivity index (χ0) is 13.8. The summed E-state index contributed by atoms with van der Waals surface area (Å²) in [5.41, 5.74) is 7.94. The summed E-state index contributed by atoms with van der Waals surface area (Å²) in [7, 11) is 0. The Bertz CT molecular complexity index is 706. The predicted molar refractivity (Wildman–Crippen MR) is 86.7 cm³/mol. The summed E-state index contributed by atoms with van der Waals surface area (Å²) >= 11 is 1.73. The van der Waals surface area contributed by atoms with E-state index < -0.39 is 0 Å². The molecule has 0 unspecified atom stereocenters. The van der Waals surface area contributed by atoms with Gasteiger partial charge in [-0.15, -0.1) is 11.3 Å². The van der Waals surface area contributed by atoms with Crippen molar-refractivity contribution in [2.24, 2.45) is 5.73 Å². The normalized spacial score (nSPS) is 10.8. The quantitative estimate of drug-likeness (QED) is 0.746. The summed E-state index contributed by atoms with van der Waals surface area (Å²) in [5.74, 6) is 0.916. The maximum atomic E-state index is 5.56. The van der Waals surface area contributed by atoms with Gasteiger partial charge in [0.15, 0.2) is 0 Å². The molecule has 3 aromatic rings. The first-order valence-corrected chi connectivity index (χ1v) is 7.63. The van der Waals surface area contributed by atoms with Crippen LogP contribution in [0, 0.1) is 0 Å². The minimum Gasteiger partial charge on any atom is -0.340 e. The molecule has 0 bridgehead atoms. The maximum absolute atomic E-state index is 5.56. The molecular weight excluding hydrogens is 266 g/mol. The van der Waals surface area contributed by atoms with Crippen LogP contribution in [-0.4, -0.2) is 11.5 Å². The second-order valence-electron chi connectivity index (χ2n) is 4.71. The molecule has 0 aliphatic heterocycles. The van der Waals surface area contributed by atoms with Crippen molar-refractivity contribution in [3.8, 4) is 0 Å². The van der Waals surface area contributed by atoms with Gasteiger partial charge in [-0.05, 0) is 54.6 Å². The van der Waals surface area contributed by atoms with Gasteiger partial charge in [-0.25, -0.2) is 4.98 Å². The first-order chi connectivity index (χ1) is 9.86. The van der Waals surface area contributed by atoms with Gasteiger partial charge in [0.25, 0.3) is 0 Å². The number of hydrogen-bond donors (Lipinski definition) is 2. The molecule has 3 N–H and O–H groups in total. The van der Waals surface area contributed by atoms with E-state index in [2.05, 4.69) is 46.0 Å². The van der Waals surface area contributed by atoms with Crippen LogP contribution in [0.15, 0.2) is 48.0 Å². The summed E-state index contributed by atoms with van der Waals surface area (Å²) in [6.45, 7) is 0.730. The van der Waals surface area contributed by atoms with Gasteiger partial charge in [-0.1, -0.05) is 12.1 Å². The fourth-order valence-corrected chi connectivity index (χ4v) is 3.02. The Morgan fingerprint density at radius 1 is 1.20 bits per heavy atom. The van der Waals surface area contributed by atoms with Gasteiger partial charge in [-0.2, -0.15) is 0 Å². The van der Waals surface area contributed by atoms with E-state index in [1.165, 1.54) is 15.6 Å². The molecule has 0 saturated carbocycles. The molecule has 3 rings (SSSR count). The third kappa shape index (κ3) is 2.81. The Balaban J connectivity index is 1.85. The summed E-state index contributed by atoms with van der Waals surface area (Å²) in [5, 5.41) is 6.68. The van der Waals surface area contributed by atoms with Crippen molar-refractivity contribution in [1.82, 2.24) is 4.98 Å². The van der Waals surface area contributed by atoms with Crippen LogP contribution in [-0.2, 0) is 6.42 Å². The number of nitrogens with zero attached hydrogens (tertiary/aromatic N) is 1. The molecule has 0 amide bonds. The van der Waals surface area contributed by atoms with Gasteiger partial charge in [-0.3, -0.25) is 0 Å². The van der Waals surface area contributed by atoms with Crippen molar-refractivity contribution in [3.63, 3.8) is 0 Å². The number of nitrogens with one attached hydrogen (secondary N) is 1. The second-order valence-corrected chi connectivity index (χ2v) is 5.66. The molecule has 3 nitrogen and oxygen atoms in total. The Hall–Kier alpha value is -1.91. The fraction of sp³-hybridized carbons (Fsp3) is 0.188. The Morgan fingerprint density at radius 2 is 2.15 bits per heavy atom. The van der Waals surface area contributed by atoms with E-state index >= 15 is 0 Å². The second kappa shape index (κ2) is 6.03. The topological polar surface area (TPSA) is 50.9 Å². The van der Waals surface area contributed by atoms with Crippen LogP contribution in [0.25, 0.3) is 10.1 Å². The van der Waals surface area contributed by atoms with Crippen LogP contribution < -0.4 is 11.1 Å². The van der Waals surface area contributed by atoms with Gasteiger partial charge >= 0.3 is 0 Å². The monoisotopic (exact) mass is 283 g/mol. The van der Waals surface area contributed by atoms with Crippen LogP contribution in [0.4, 0.5) is 11.5 Å². The highest BCUT2D eigenvalue weighted by Crippen LogP contribution is 2.28. The van der Waals surface area contributed by atoms with E-state index in [1.54, 1.807) is 11.3 Å². The minimum atomic E-state index is 0.730. The number of anilines is 2. The molecule has 0 aliphatic rings. The number of benzene rings is 1. The van der Waals surface area contributed by atoms with Gasteiger partial charge in [0.2, 0.25) is 0 Å². The number of pyridine rings is 1.